The van der Waals surface area contributed by atoms with E-state index in [0.29, 0.717) is 11.3 Å². The van der Waals surface area contributed by atoms with E-state index in [2.05, 4.69) is 41.4 Å². The maximum Gasteiger partial charge on any atom is 0.205 e. The number of ether oxygens (including phenoxy) is 1. The van der Waals surface area contributed by atoms with Crippen molar-refractivity contribution in [2.45, 2.75) is 53.9 Å². The smallest absolute Gasteiger partial charge is 0.205 e. The SMILES string of the molecule is CC.CCc1nccn1-c1ccc(C2C(C#N)=C(N)OC(C)=C2C(=NC)C(C)C)cc1. The maximum absolute atomic E-state index is 9.82. The van der Waals surface area contributed by atoms with Gasteiger partial charge in [-0.25, -0.2) is 4.98 Å². The van der Waals surface area contributed by atoms with Crippen LogP contribution in [0.2, 0.25) is 0 Å². The number of allylic oxidation sites excluding steroid dienone is 3. The minimum atomic E-state index is -0.308. The van der Waals surface area contributed by atoms with E-state index >= 15 is 0 Å². The molecule has 2 aromatic rings. The Balaban J connectivity index is 0.00000166. The van der Waals surface area contributed by atoms with Gasteiger partial charge in [-0.05, 0) is 30.5 Å². The van der Waals surface area contributed by atoms with E-state index in [9.17, 15) is 5.26 Å². The molecule has 0 amide bonds. The zero-order chi connectivity index (χ0) is 23.1. The first kappa shape index (κ1) is 23.9. The van der Waals surface area contributed by atoms with Gasteiger partial charge in [-0.15, -0.1) is 0 Å². The topological polar surface area (TPSA) is 89.2 Å². The van der Waals surface area contributed by atoms with E-state index in [1.165, 1.54) is 0 Å². The van der Waals surface area contributed by atoms with Crippen LogP contribution in [0.4, 0.5) is 0 Å². The number of nitrogens with two attached hydrogens (primary N) is 1. The van der Waals surface area contributed by atoms with Crippen molar-refractivity contribution in [3.63, 3.8) is 0 Å². The summed E-state index contributed by atoms with van der Waals surface area (Å²) in [5.41, 5.74) is 10.3. The van der Waals surface area contributed by atoms with E-state index in [0.717, 1.165) is 34.8 Å². The highest BCUT2D eigenvalue weighted by atomic mass is 16.5. The predicted octanol–water partition coefficient (Wildman–Crippen LogP) is 5.27. The number of nitrogens with zero attached hydrogens (tertiary/aromatic N) is 4. The van der Waals surface area contributed by atoms with Crippen molar-refractivity contribution >= 4 is 5.71 Å². The molecule has 1 aliphatic heterocycles. The van der Waals surface area contributed by atoms with Crippen LogP contribution >= 0.6 is 0 Å². The van der Waals surface area contributed by atoms with Crippen LogP contribution in [0.1, 0.15) is 58.8 Å². The van der Waals surface area contributed by atoms with E-state index in [1.807, 2.05) is 51.2 Å². The third kappa shape index (κ3) is 4.72. The summed E-state index contributed by atoms with van der Waals surface area (Å²) in [6, 6.07) is 10.4. The molecule has 164 valence electrons. The van der Waals surface area contributed by atoms with Gasteiger partial charge < -0.3 is 15.0 Å². The van der Waals surface area contributed by atoms with Crippen molar-refractivity contribution < 1.29 is 4.74 Å². The Morgan fingerprint density at radius 3 is 2.45 bits per heavy atom. The lowest BCUT2D eigenvalue weighted by Crippen LogP contribution is -2.26. The lowest BCUT2D eigenvalue weighted by molar-refractivity contribution is 0.283. The maximum atomic E-state index is 9.82. The van der Waals surface area contributed by atoms with Gasteiger partial charge in [-0.2, -0.15) is 5.26 Å². The van der Waals surface area contributed by atoms with Crippen LogP contribution in [0.25, 0.3) is 5.69 Å². The summed E-state index contributed by atoms with van der Waals surface area (Å²) in [6.45, 7) is 12.1. The molecule has 1 aromatic heterocycles. The molecular formula is C25H33N5O. The number of imidazole rings is 1. The number of rotatable bonds is 5. The van der Waals surface area contributed by atoms with Crippen LogP contribution in [0.3, 0.4) is 0 Å². The Labute approximate surface area is 185 Å². The van der Waals surface area contributed by atoms with Crippen LogP contribution < -0.4 is 5.73 Å². The van der Waals surface area contributed by atoms with Crippen molar-refractivity contribution in [2.24, 2.45) is 16.6 Å². The molecular weight excluding hydrogens is 386 g/mol. The van der Waals surface area contributed by atoms with Crippen molar-refractivity contribution in [3.05, 3.63) is 70.8 Å². The number of nitriles is 1. The first-order valence-electron chi connectivity index (χ1n) is 10.8. The van der Waals surface area contributed by atoms with Gasteiger partial charge in [-0.1, -0.05) is 46.8 Å². The molecule has 0 spiro atoms. The molecule has 6 heteroatoms. The average molecular weight is 420 g/mol. The lowest BCUT2D eigenvalue weighted by Gasteiger charge is -2.30. The molecule has 2 heterocycles. The summed E-state index contributed by atoms with van der Waals surface area (Å²) in [6.07, 6.45) is 4.61. The molecule has 0 fully saturated rings. The Morgan fingerprint density at radius 2 is 1.94 bits per heavy atom. The van der Waals surface area contributed by atoms with Gasteiger partial charge >= 0.3 is 0 Å². The molecule has 1 aromatic carbocycles. The van der Waals surface area contributed by atoms with Gasteiger partial charge in [0.1, 0.15) is 23.2 Å². The largest absolute Gasteiger partial charge is 0.445 e. The summed E-state index contributed by atoms with van der Waals surface area (Å²) in [7, 11) is 1.77. The van der Waals surface area contributed by atoms with Crippen molar-refractivity contribution in [3.8, 4) is 11.8 Å². The Hall–Kier alpha value is -3.33. The van der Waals surface area contributed by atoms with Gasteiger partial charge in [0.05, 0.1) is 5.92 Å². The number of hydrogen-bond donors (Lipinski definition) is 1. The van der Waals surface area contributed by atoms with Crippen molar-refractivity contribution in [1.29, 1.82) is 5.26 Å². The standard InChI is InChI=1S/C23H27N5O.C2H6/c1-6-19-27-11-12-28(19)17-9-7-16(8-10-17)21-18(13-24)23(25)29-15(4)20(21)22(26-5)14(2)3;1-2/h7-12,14,21H,6,25H2,1-5H3;1-2H3. The number of aromatic nitrogens is 2. The van der Waals surface area contributed by atoms with Crippen LogP contribution in [-0.4, -0.2) is 22.3 Å². The molecule has 0 aliphatic carbocycles. The van der Waals surface area contributed by atoms with Gasteiger partial charge in [0, 0.05) is 42.8 Å². The summed E-state index contributed by atoms with van der Waals surface area (Å²) in [4.78, 5) is 8.90. The summed E-state index contributed by atoms with van der Waals surface area (Å²) < 4.78 is 7.79. The third-order valence-electron chi connectivity index (χ3n) is 5.21. The highest BCUT2D eigenvalue weighted by Crippen LogP contribution is 2.41. The number of aryl methyl sites for hydroxylation is 1. The summed E-state index contributed by atoms with van der Waals surface area (Å²) in [5, 5.41) is 9.82. The van der Waals surface area contributed by atoms with Crippen LogP contribution in [0, 0.1) is 17.2 Å². The molecule has 0 radical (unpaired) electrons. The van der Waals surface area contributed by atoms with E-state index in [1.54, 1.807) is 13.2 Å². The normalized spacial score (nSPS) is 16.6. The third-order valence-corrected chi connectivity index (χ3v) is 5.21. The fourth-order valence-corrected chi connectivity index (χ4v) is 3.89. The lowest BCUT2D eigenvalue weighted by atomic mass is 9.78. The fraction of sp³-hybridized carbons (Fsp3) is 0.400. The van der Waals surface area contributed by atoms with E-state index < -0.39 is 0 Å². The molecule has 1 aliphatic rings. The fourth-order valence-electron chi connectivity index (χ4n) is 3.89. The predicted molar refractivity (Wildman–Crippen MR) is 126 cm³/mol. The summed E-state index contributed by atoms with van der Waals surface area (Å²) in [5.74, 6) is 1.73. The van der Waals surface area contributed by atoms with E-state index in [4.69, 9.17) is 10.5 Å². The van der Waals surface area contributed by atoms with Crippen LogP contribution in [0.5, 0.6) is 0 Å². The van der Waals surface area contributed by atoms with Crippen LogP contribution in [0.15, 0.2) is 64.4 Å². The Morgan fingerprint density at radius 1 is 1.29 bits per heavy atom. The van der Waals surface area contributed by atoms with Crippen molar-refractivity contribution in [1.82, 2.24) is 9.55 Å². The molecule has 1 atom stereocenters. The van der Waals surface area contributed by atoms with Gasteiger partial charge in [0.25, 0.3) is 0 Å². The Kier molecular flexibility index (Phi) is 8.21. The quantitative estimate of drug-likeness (QED) is 0.669. The van der Waals surface area contributed by atoms with Crippen molar-refractivity contribution in [2.75, 3.05) is 7.05 Å². The molecule has 1 unspecified atom stereocenters. The second kappa shape index (κ2) is 10.6. The molecule has 0 saturated heterocycles. The average Bonchev–Trinajstić information content (AvgIpc) is 3.25. The zero-order valence-corrected chi connectivity index (χ0v) is 19.6. The first-order chi connectivity index (χ1) is 14.9. The zero-order valence-electron chi connectivity index (χ0n) is 19.6. The molecule has 6 nitrogen and oxygen atoms in total. The van der Waals surface area contributed by atoms with Crippen LogP contribution in [-0.2, 0) is 11.2 Å². The highest BCUT2D eigenvalue weighted by molar-refractivity contribution is 6.04. The highest BCUT2D eigenvalue weighted by Gasteiger charge is 2.34. The minimum absolute atomic E-state index is 0.157. The number of aliphatic imine (C=N–C) groups is 1. The second-order valence-electron chi connectivity index (χ2n) is 7.32. The number of benzene rings is 1. The first-order valence-corrected chi connectivity index (χ1v) is 10.8. The Bertz CT molecular complexity index is 1030. The minimum Gasteiger partial charge on any atom is -0.445 e. The molecule has 2 N–H and O–H groups in total. The van der Waals surface area contributed by atoms with Gasteiger partial charge in [-0.3, -0.25) is 4.99 Å². The molecule has 0 saturated carbocycles. The summed E-state index contributed by atoms with van der Waals surface area (Å²) >= 11 is 0. The van der Waals surface area contributed by atoms with E-state index in [-0.39, 0.29) is 17.7 Å². The second-order valence-corrected chi connectivity index (χ2v) is 7.32. The van der Waals surface area contributed by atoms with Gasteiger partial charge in [0.15, 0.2) is 0 Å². The van der Waals surface area contributed by atoms with Gasteiger partial charge in [0.2, 0.25) is 5.88 Å². The number of hydrogen-bond acceptors (Lipinski definition) is 5. The monoisotopic (exact) mass is 419 g/mol. The molecule has 0 bridgehead atoms. The molecule has 3 rings (SSSR count). The molecule has 31 heavy (non-hydrogen) atoms.